The number of hydrogen-bond acceptors (Lipinski definition) is 6. The number of ether oxygens (including phenoxy) is 1. The van der Waals surface area contributed by atoms with Crippen molar-refractivity contribution in [1.29, 1.82) is 0 Å². The number of nitrogens with zero attached hydrogens (tertiary/aromatic N) is 4. The van der Waals surface area contributed by atoms with Gasteiger partial charge in [0, 0.05) is 29.7 Å². The first-order valence-electron chi connectivity index (χ1n) is 10.2. The number of halogens is 2. The summed E-state index contributed by atoms with van der Waals surface area (Å²) in [5, 5.41) is 0. The van der Waals surface area contributed by atoms with E-state index in [4.69, 9.17) is 15.5 Å². The van der Waals surface area contributed by atoms with Crippen molar-refractivity contribution >= 4 is 5.84 Å². The predicted molar refractivity (Wildman–Crippen MR) is 120 cm³/mol. The lowest BCUT2D eigenvalue weighted by atomic mass is 9.77. The van der Waals surface area contributed by atoms with Crippen molar-refractivity contribution in [1.82, 2.24) is 15.0 Å². The topological polar surface area (TPSA) is 86.3 Å². The summed E-state index contributed by atoms with van der Waals surface area (Å²) >= 11 is 0. The van der Waals surface area contributed by atoms with E-state index in [9.17, 15) is 8.78 Å². The highest BCUT2D eigenvalue weighted by atomic mass is 19.3. The standard InChI is InChI=1S/C25H19F2N5O/c1-33-21-8-7-18(11-19(21)23(26)27)25(20-6-3-9-31-22(20)24(28)32-25)17-5-2-4-15(10-17)16-12-29-14-30-13-16/h2-14,23H,1H3,(H2,28,32). The highest BCUT2D eigenvalue weighted by Crippen LogP contribution is 2.47. The lowest BCUT2D eigenvalue weighted by Crippen LogP contribution is -2.26. The van der Waals surface area contributed by atoms with Gasteiger partial charge < -0.3 is 10.5 Å². The van der Waals surface area contributed by atoms with Crippen LogP contribution in [0.5, 0.6) is 5.75 Å². The van der Waals surface area contributed by atoms with Crippen molar-refractivity contribution < 1.29 is 13.5 Å². The second kappa shape index (κ2) is 8.05. The summed E-state index contributed by atoms with van der Waals surface area (Å²) in [5.41, 5.74) is 9.14. The van der Waals surface area contributed by atoms with Crippen LogP contribution in [0.25, 0.3) is 11.1 Å². The van der Waals surface area contributed by atoms with Crippen LogP contribution < -0.4 is 10.5 Å². The summed E-state index contributed by atoms with van der Waals surface area (Å²) in [6.07, 6.45) is 3.79. The Morgan fingerprint density at radius 1 is 0.939 bits per heavy atom. The molecular formula is C25H19F2N5O. The number of aromatic nitrogens is 3. The fraction of sp³-hybridized carbons (Fsp3) is 0.120. The minimum absolute atomic E-state index is 0.112. The average molecular weight is 443 g/mol. The molecule has 0 aliphatic carbocycles. The zero-order valence-corrected chi connectivity index (χ0v) is 17.6. The van der Waals surface area contributed by atoms with Gasteiger partial charge in [0.05, 0.1) is 12.7 Å². The maximum atomic E-state index is 13.9. The molecule has 4 aromatic rings. The first kappa shape index (κ1) is 20.7. The molecule has 33 heavy (non-hydrogen) atoms. The molecule has 2 N–H and O–H groups in total. The van der Waals surface area contributed by atoms with Crippen molar-refractivity contribution in [3.8, 4) is 16.9 Å². The van der Waals surface area contributed by atoms with E-state index >= 15 is 0 Å². The molecule has 2 aromatic heterocycles. The predicted octanol–water partition coefficient (Wildman–Crippen LogP) is 4.50. The molecule has 1 aliphatic rings. The number of hydrogen-bond donors (Lipinski definition) is 1. The van der Waals surface area contributed by atoms with Crippen LogP contribution in [-0.4, -0.2) is 27.9 Å². The minimum Gasteiger partial charge on any atom is -0.496 e. The lowest BCUT2D eigenvalue weighted by molar-refractivity contribution is 0.147. The van der Waals surface area contributed by atoms with Gasteiger partial charge in [-0.3, -0.25) is 4.98 Å². The highest BCUT2D eigenvalue weighted by Gasteiger charge is 2.44. The van der Waals surface area contributed by atoms with E-state index in [0.29, 0.717) is 16.8 Å². The van der Waals surface area contributed by atoms with Gasteiger partial charge in [-0.25, -0.2) is 23.7 Å². The monoisotopic (exact) mass is 443 g/mol. The molecule has 0 fully saturated rings. The van der Waals surface area contributed by atoms with Crippen molar-refractivity contribution in [2.24, 2.45) is 10.7 Å². The van der Waals surface area contributed by atoms with Gasteiger partial charge in [0.25, 0.3) is 6.43 Å². The number of nitrogens with two attached hydrogens (primary N) is 1. The highest BCUT2D eigenvalue weighted by molar-refractivity contribution is 6.01. The number of pyridine rings is 1. The minimum atomic E-state index is -2.72. The zero-order valence-electron chi connectivity index (χ0n) is 17.6. The Balaban J connectivity index is 1.80. The SMILES string of the molecule is COc1ccc(C2(c3cccc(-c4cncnc4)c3)N=C(N)c3ncccc32)cc1C(F)F. The van der Waals surface area contributed by atoms with Crippen LogP contribution in [0.2, 0.25) is 0 Å². The Morgan fingerprint density at radius 2 is 1.73 bits per heavy atom. The molecule has 5 rings (SSSR count). The van der Waals surface area contributed by atoms with Gasteiger partial charge in [-0.05, 0) is 41.0 Å². The molecule has 0 radical (unpaired) electrons. The number of alkyl halides is 2. The van der Waals surface area contributed by atoms with Crippen LogP contribution in [0.15, 0.2) is 84.5 Å². The second-order valence-corrected chi connectivity index (χ2v) is 7.57. The normalized spacial score (nSPS) is 17.0. The van der Waals surface area contributed by atoms with Crippen molar-refractivity contribution in [2.45, 2.75) is 12.0 Å². The van der Waals surface area contributed by atoms with E-state index in [1.165, 1.54) is 25.6 Å². The summed E-state index contributed by atoms with van der Waals surface area (Å²) in [4.78, 5) is 17.4. The molecule has 1 unspecified atom stereocenters. The number of amidine groups is 1. The summed E-state index contributed by atoms with van der Waals surface area (Å²) in [6.45, 7) is 0. The van der Waals surface area contributed by atoms with Gasteiger partial charge in [-0.2, -0.15) is 0 Å². The van der Waals surface area contributed by atoms with Gasteiger partial charge in [0.1, 0.15) is 29.1 Å². The average Bonchev–Trinajstić information content (AvgIpc) is 3.17. The third-order valence-corrected chi connectivity index (χ3v) is 5.79. The van der Waals surface area contributed by atoms with Crippen LogP contribution in [-0.2, 0) is 5.54 Å². The van der Waals surface area contributed by atoms with Crippen LogP contribution in [0.3, 0.4) is 0 Å². The summed E-state index contributed by atoms with van der Waals surface area (Å²) < 4.78 is 33.0. The molecule has 164 valence electrons. The third kappa shape index (κ3) is 3.31. The molecule has 0 bridgehead atoms. The largest absolute Gasteiger partial charge is 0.496 e. The van der Waals surface area contributed by atoms with E-state index in [1.807, 2.05) is 30.3 Å². The van der Waals surface area contributed by atoms with Crippen molar-refractivity contribution in [2.75, 3.05) is 7.11 Å². The number of benzene rings is 2. The molecule has 0 spiro atoms. The van der Waals surface area contributed by atoms with Crippen molar-refractivity contribution in [3.05, 3.63) is 107 Å². The molecular weight excluding hydrogens is 424 g/mol. The zero-order chi connectivity index (χ0) is 23.0. The maximum Gasteiger partial charge on any atom is 0.267 e. The maximum absolute atomic E-state index is 13.9. The second-order valence-electron chi connectivity index (χ2n) is 7.57. The molecule has 8 heteroatoms. The van der Waals surface area contributed by atoms with Gasteiger partial charge >= 0.3 is 0 Å². The first-order valence-corrected chi connectivity index (χ1v) is 10.2. The molecule has 0 saturated heterocycles. The Hall–Kier alpha value is -4.20. The van der Waals surface area contributed by atoms with Gasteiger partial charge in [-0.1, -0.05) is 30.3 Å². The van der Waals surface area contributed by atoms with Gasteiger partial charge in [0.2, 0.25) is 0 Å². The molecule has 3 heterocycles. The number of aliphatic imine (C=N–C) groups is 1. The molecule has 0 saturated carbocycles. The summed E-state index contributed by atoms with van der Waals surface area (Å²) in [5.74, 6) is 0.355. The van der Waals surface area contributed by atoms with Crippen LogP contribution in [0.1, 0.15) is 34.4 Å². The molecule has 6 nitrogen and oxygen atoms in total. The van der Waals surface area contributed by atoms with E-state index < -0.39 is 12.0 Å². The van der Waals surface area contributed by atoms with E-state index in [-0.39, 0.29) is 17.1 Å². The third-order valence-electron chi connectivity index (χ3n) is 5.79. The number of rotatable bonds is 5. The smallest absolute Gasteiger partial charge is 0.267 e. The molecule has 0 amide bonds. The van der Waals surface area contributed by atoms with E-state index in [1.54, 1.807) is 30.7 Å². The summed E-state index contributed by atoms with van der Waals surface area (Å²) in [6, 6.07) is 16.0. The van der Waals surface area contributed by atoms with Crippen LogP contribution in [0.4, 0.5) is 8.78 Å². The summed E-state index contributed by atoms with van der Waals surface area (Å²) in [7, 11) is 1.37. The quantitative estimate of drug-likeness (QED) is 0.491. The molecule has 1 atom stereocenters. The number of fused-ring (bicyclic) bond motifs is 1. The van der Waals surface area contributed by atoms with Gasteiger partial charge in [0.15, 0.2) is 0 Å². The van der Waals surface area contributed by atoms with Gasteiger partial charge in [-0.15, -0.1) is 0 Å². The molecule has 2 aromatic carbocycles. The van der Waals surface area contributed by atoms with Crippen molar-refractivity contribution in [3.63, 3.8) is 0 Å². The first-order chi connectivity index (χ1) is 16.0. The lowest BCUT2D eigenvalue weighted by Gasteiger charge is -2.30. The van der Waals surface area contributed by atoms with Crippen LogP contribution >= 0.6 is 0 Å². The molecule has 1 aliphatic heterocycles. The Bertz CT molecular complexity index is 1360. The van der Waals surface area contributed by atoms with E-state index in [0.717, 1.165) is 16.7 Å². The van der Waals surface area contributed by atoms with E-state index in [2.05, 4.69) is 15.0 Å². The fourth-order valence-electron chi connectivity index (χ4n) is 4.30. The van der Waals surface area contributed by atoms with Crippen LogP contribution in [0, 0.1) is 0 Å². The number of methoxy groups -OCH3 is 1. The fourth-order valence-corrected chi connectivity index (χ4v) is 4.30. The Labute approximate surface area is 188 Å². The Kier molecular flexibility index (Phi) is 5.05. The Morgan fingerprint density at radius 3 is 2.48 bits per heavy atom.